The summed E-state index contributed by atoms with van der Waals surface area (Å²) in [6.45, 7) is 3.00. The van der Waals surface area contributed by atoms with E-state index in [0.717, 1.165) is 68.6 Å². The number of fused-ring (bicyclic) bond motifs is 2. The number of carbonyl (C=O) groups is 1. The molecule has 3 atom stereocenters. The van der Waals surface area contributed by atoms with Crippen LogP contribution in [0.15, 0.2) is 24.7 Å². The molecule has 4 fully saturated rings. The summed E-state index contributed by atoms with van der Waals surface area (Å²) in [5, 5.41) is 13.5. The first-order valence-corrected chi connectivity index (χ1v) is 11.8. The van der Waals surface area contributed by atoms with Crippen LogP contribution in [0, 0.1) is 11.3 Å². The number of amides is 1. The fraction of sp³-hybridized carbons (Fsp3) is 0.609. The highest BCUT2D eigenvalue weighted by Crippen LogP contribution is 2.38. The molecule has 3 aliphatic heterocycles. The number of nitrogens with zero attached hydrogens (tertiary/aromatic N) is 5. The zero-order valence-electron chi connectivity index (χ0n) is 18.5. The molecule has 2 N–H and O–H groups in total. The van der Waals surface area contributed by atoms with E-state index in [2.05, 4.69) is 32.6 Å². The van der Waals surface area contributed by atoms with Gasteiger partial charge in [0, 0.05) is 68.3 Å². The second-order valence-electron chi connectivity index (χ2n) is 9.59. The van der Waals surface area contributed by atoms with Crippen LogP contribution in [0.25, 0.3) is 11.1 Å². The molecular formula is C23H31N7O2. The Morgan fingerprint density at radius 1 is 1.09 bits per heavy atom. The Bertz CT molecular complexity index is 1020. The molecule has 4 aliphatic rings. The van der Waals surface area contributed by atoms with Crippen LogP contribution in [0.2, 0.25) is 0 Å². The lowest BCUT2D eigenvalue weighted by Crippen LogP contribution is -2.57. The van der Waals surface area contributed by atoms with E-state index in [0.29, 0.717) is 24.4 Å². The van der Waals surface area contributed by atoms with E-state index >= 15 is 0 Å². The lowest BCUT2D eigenvalue weighted by Gasteiger charge is -2.42. The molecule has 1 saturated carbocycles. The molecule has 2 bridgehead atoms. The van der Waals surface area contributed by atoms with Crippen LogP contribution < -0.4 is 5.43 Å². The number of rotatable bonds is 5. The van der Waals surface area contributed by atoms with Crippen molar-refractivity contribution in [2.45, 2.75) is 50.2 Å². The Kier molecular flexibility index (Phi) is 4.74. The highest BCUT2D eigenvalue weighted by atomic mass is 16.5. The van der Waals surface area contributed by atoms with Crippen LogP contribution in [-0.4, -0.2) is 81.4 Å². The lowest BCUT2D eigenvalue weighted by molar-refractivity contribution is -0.137. The van der Waals surface area contributed by atoms with Gasteiger partial charge in [0.1, 0.15) is 11.5 Å². The summed E-state index contributed by atoms with van der Waals surface area (Å²) in [7, 11) is 1.87. The van der Waals surface area contributed by atoms with E-state index < -0.39 is 0 Å². The monoisotopic (exact) mass is 437 g/mol. The van der Waals surface area contributed by atoms with Crippen LogP contribution in [0.1, 0.15) is 43.8 Å². The Morgan fingerprint density at radius 3 is 2.53 bits per heavy atom. The van der Waals surface area contributed by atoms with Gasteiger partial charge in [0.15, 0.2) is 0 Å². The number of nitrogens with one attached hydrogen (secondary N) is 2. The van der Waals surface area contributed by atoms with E-state index in [1.807, 2.05) is 28.8 Å². The molecule has 3 unspecified atom stereocenters. The van der Waals surface area contributed by atoms with Gasteiger partial charge in [-0.25, -0.2) is 0 Å². The molecule has 1 aliphatic carbocycles. The second-order valence-corrected chi connectivity index (χ2v) is 9.59. The molecule has 5 heterocycles. The maximum absolute atomic E-state index is 12.7. The molecular weight excluding hydrogens is 406 g/mol. The zero-order valence-corrected chi connectivity index (χ0v) is 18.5. The summed E-state index contributed by atoms with van der Waals surface area (Å²) in [4.78, 5) is 17.1. The molecule has 32 heavy (non-hydrogen) atoms. The summed E-state index contributed by atoms with van der Waals surface area (Å²) in [5.74, 6) is 1.14. The number of carbonyl (C=O) groups excluding carboxylic acids is 1. The summed E-state index contributed by atoms with van der Waals surface area (Å²) in [5.41, 5.74) is 6.11. The van der Waals surface area contributed by atoms with Crippen LogP contribution in [-0.2, 0) is 9.53 Å². The highest BCUT2D eigenvalue weighted by molar-refractivity contribution is 5.97. The quantitative estimate of drug-likeness (QED) is 0.551. The van der Waals surface area contributed by atoms with Gasteiger partial charge >= 0.3 is 0 Å². The molecule has 2 aromatic rings. The van der Waals surface area contributed by atoms with Crippen molar-refractivity contribution in [2.24, 2.45) is 5.92 Å². The van der Waals surface area contributed by atoms with E-state index in [9.17, 15) is 4.79 Å². The van der Waals surface area contributed by atoms with Crippen molar-refractivity contribution < 1.29 is 9.53 Å². The molecule has 6 rings (SSSR count). The Morgan fingerprint density at radius 2 is 1.88 bits per heavy atom. The molecule has 0 spiro atoms. The first kappa shape index (κ1) is 19.8. The summed E-state index contributed by atoms with van der Waals surface area (Å²) in [6.07, 6.45) is 11.2. The molecule has 1 amide bonds. The van der Waals surface area contributed by atoms with Crippen LogP contribution in [0.4, 0.5) is 0 Å². The predicted molar refractivity (Wildman–Crippen MR) is 120 cm³/mol. The minimum absolute atomic E-state index is 0.242. The first-order valence-electron chi connectivity index (χ1n) is 11.8. The van der Waals surface area contributed by atoms with Crippen molar-refractivity contribution in [3.05, 3.63) is 30.4 Å². The molecule has 0 radical (unpaired) electrons. The van der Waals surface area contributed by atoms with E-state index in [1.165, 1.54) is 0 Å². The summed E-state index contributed by atoms with van der Waals surface area (Å²) >= 11 is 0. The first-order chi connectivity index (χ1) is 15.6. The fourth-order valence-corrected chi connectivity index (χ4v) is 5.55. The van der Waals surface area contributed by atoms with Crippen LogP contribution in [0.3, 0.4) is 0 Å². The Balaban J connectivity index is 1.21. The van der Waals surface area contributed by atoms with Crippen LogP contribution in [0.5, 0.6) is 0 Å². The lowest BCUT2D eigenvalue weighted by atomic mass is 10.1. The van der Waals surface area contributed by atoms with E-state index in [1.54, 1.807) is 0 Å². The van der Waals surface area contributed by atoms with E-state index in [4.69, 9.17) is 10.1 Å². The number of ether oxygens (including phenoxy) is 1. The van der Waals surface area contributed by atoms with Crippen molar-refractivity contribution in [3.63, 3.8) is 0 Å². The van der Waals surface area contributed by atoms with Crippen molar-refractivity contribution in [2.75, 3.05) is 38.8 Å². The van der Waals surface area contributed by atoms with Gasteiger partial charge in [0.2, 0.25) is 5.91 Å². The third kappa shape index (κ3) is 3.30. The molecule has 9 heteroatoms. The van der Waals surface area contributed by atoms with Crippen molar-refractivity contribution in [3.8, 4) is 11.1 Å². The smallest absolute Gasteiger partial charge is 0.226 e. The van der Waals surface area contributed by atoms with Crippen LogP contribution >= 0.6 is 0 Å². The maximum atomic E-state index is 12.7. The number of aromatic nitrogens is 3. The number of piperazine rings is 1. The van der Waals surface area contributed by atoms with Gasteiger partial charge in [-0.3, -0.25) is 19.6 Å². The van der Waals surface area contributed by atoms with E-state index in [-0.39, 0.29) is 18.0 Å². The van der Waals surface area contributed by atoms with Gasteiger partial charge in [0.05, 0.1) is 18.8 Å². The van der Waals surface area contributed by atoms with Crippen molar-refractivity contribution in [1.82, 2.24) is 24.3 Å². The SMILES string of the molecule is CNn1cc(-c2cnn(C3CCOC3)c2)cc1C(=N)N1CC2CCC(C1)N2C(=O)C1CC1. The fourth-order valence-electron chi connectivity index (χ4n) is 5.55. The topological polar surface area (TPSA) is 91.4 Å². The molecule has 0 aromatic carbocycles. The molecule has 170 valence electrons. The predicted octanol–water partition coefficient (Wildman–Crippen LogP) is 1.90. The van der Waals surface area contributed by atoms with Gasteiger partial charge in [-0.1, -0.05) is 0 Å². The van der Waals surface area contributed by atoms with Gasteiger partial charge in [-0.15, -0.1) is 0 Å². The van der Waals surface area contributed by atoms with Gasteiger partial charge in [0.25, 0.3) is 0 Å². The minimum atomic E-state index is 0.242. The highest BCUT2D eigenvalue weighted by Gasteiger charge is 2.47. The Labute approximate surface area is 187 Å². The van der Waals surface area contributed by atoms with Crippen molar-refractivity contribution in [1.29, 1.82) is 5.41 Å². The number of amidine groups is 1. The second kappa shape index (κ2) is 7.65. The minimum Gasteiger partial charge on any atom is -0.379 e. The summed E-state index contributed by atoms with van der Waals surface area (Å²) in [6, 6.07) is 2.85. The average molecular weight is 438 g/mol. The standard InChI is InChI=1S/C23H31N7O2/c1-25-29-10-16(17-9-26-28(11-17)20-6-7-32-14-20)8-21(29)22(24)27-12-18-4-5-19(13-27)30(18)23(31)15-2-3-15/h8-11,15,18-20,24-25H,2-7,12-14H2,1H3. The zero-order chi connectivity index (χ0) is 21.8. The number of likely N-dealkylation sites (tertiary alicyclic amines) is 1. The normalized spacial score (nSPS) is 27.2. The molecule has 3 saturated heterocycles. The number of hydrogen-bond acceptors (Lipinski definition) is 5. The largest absolute Gasteiger partial charge is 0.379 e. The third-order valence-corrected chi connectivity index (χ3v) is 7.50. The molecule has 2 aromatic heterocycles. The maximum Gasteiger partial charge on any atom is 0.226 e. The molecule has 9 nitrogen and oxygen atoms in total. The Hall–Kier alpha value is -2.81. The third-order valence-electron chi connectivity index (χ3n) is 7.50. The van der Waals surface area contributed by atoms with Gasteiger partial charge < -0.3 is 20.0 Å². The number of hydrogen-bond donors (Lipinski definition) is 2. The van der Waals surface area contributed by atoms with Gasteiger partial charge in [-0.05, 0) is 38.2 Å². The summed E-state index contributed by atoms with van der Waals surface area (Å²) < 4.78 is 9.41. The average Bonchev–Trinajstić information content (AvgIpc) is 3.19. The van der Waals surface area contributed by atoms with Gasteiger partial charge in [-0.2, -0.15) is 5.10 Å². The van der Waals surface area contributed by atoms with Crippen molar-refractivity contribution >= 4 is 11.7 Å².